The molecule has 0 saturated carbocycles. The molecule has 1 aromatic carbocycles. The lowest BCUT2D eigenvalue weighted by molar-refractivity contribution is 0.0953. The molecule has 1 amide bonds. The van der Waals surface area contributed by atoms with Crippen LogP contribution >= 0.6 is 11.3 Å². The van der Waals surface area contributed by atoms with Crippen molar-refractivity contribution in [1.29, 1.82) is 0 Å². The lowest BCUT2D eigenvalue weighted by Crippen LogP contribution is -2.32. The molecule has 1 unspecified atom stereocenters. The first kappa shape index (κ1) is 15.7. The number of carbonyl (C=O) groups is 1. The molecule has 0 aliphatic heterocycles. The summed E-state index contributed by atoms with van der Waals surface area (Å²) in [5.74, 6) is -0.0172. The first-order valence-corrected chi connectivity index (χ1v) is 8.02. The summed E-state index contributed by atoms with van der Waals surface area (Å²) in [4.78, 5) is 14.6. The zero-order chi connectivity index (χ0) is 15.2. The predicted molar refractivity (Wildman–Crippen MR) is 89.0 cm³/mol. The fourth-order valence-corrected chi connectivity index (χ4v) is 2.96. The smallest absolute Gasteiger partial charge is 0.251 e. The first-order valence-electron chi connectivity index (χ1n) is 7.21. The molecule has 0 bridgehead atoms. The van der Waals surface area contributed by atoms with Crippen LogP contribution in [0.2, 0.25) is 0 Å². The number of thiophene rings is 1. The standard InChI is InChI=1S/C17H22N2OS/c1-12-4-7-15(8-5-12)17(20)19-11-10-18-14(3)16-9-6-13(2)21-16/h4-9,14,18H,10-11H2,1-3H3,(H,19,20). The molecule has 0 saturated heterocycles. The van der Waals surface area contributed by atoms with Gasteiger partial charge in [-0.05, 0) is 45.0 Å². The van der Waals surface area contributed by atoms with Gasteiger partial charge in [0.2, 0.25) is 0 Å². The molecule has 2 aromatic rings. The van der Waals surface area contributed by atoms with E-state index in [9.17, 15) is 4.79 Å². The quantitative estimate of drug-likeness (QED) is 0.803. The maximum Gasteiger partial charge on any atom is 0.251 e. The lowest BCUT2D eigenvalue weighted by atomic mass is 10.1. The third-order valence-electron chi connectivity index (χ3n) is 3.36. The van der Waals surface area contributed by atoms with Gasteiger partial charge in [0, 0.05) is 34.4 Å². The van der Waals surface area contributed by atoms with Crippen molar-refractivity contribution >= 4 is 17.2 Å². The Balaban J connectivity index is 1.72. The average Bonchev–Trinajstić information content (AvgIpc) is 2.90. The van der Waals surface area contributed by atoms with Gasteiger partial charge in [-0.15, -0.1) is 11.3 Å². The Kier molecular flexibility index (Phi) is 5.53. The van der Waals surface area contributed by atoms with E-state index in [1.165, 1.54) is 9.75 Å². The fourth-order valence-electron chi connectivity index (χ4n) is 2.06. The van der Waals surface area contributed by atoms with E-state index in [4.69, 9.17) is 0 Å². The molecule has 1 aromatic heterocycles. The molecule has 21 heavy (non-hydrogen) atoms. The van der Waals surface area contributed by atoms with Gasteiger partial charge in [-0.2, -0.15) is 0 Å². The van der Waals surface area contributed by atoms with Gasteiger partial charge in [-0.1, -0.05) is 17.7 Å². The zero-order valence-electron chi connectivity index (χ0n) is 12.8. The van der Waals surface area contributed by atoms with Crippen molar-refractivity contribution < 1.29 is 4.79 Å². The van der Waals surface area contributed by atoms with Crippen LogP contribution < -0.4 is 10.6 Å². The van der Waals surface area contributed by atoms with Crippen molar-refractivity contribution in [3.63, 3.8) is 0 Å². The molecule has 2 rings (SSSR count). The summed E-state index contributed by atoms with van der Waals surface area (Å²) in [6.45, 7) is 7.66. The number of benzene rings is 1. The van der Waals surface area contributed by atoms with Gasteiger partial charge in [0.25, 0.3) is 5.91 Å². The molecule has 0 spiro atoms. The normalized spacial score (nSPS) is 12.1. The number of rotatable bonds is 6. The van der Waals surface area contributed by atoms with E-state index in [1.54, 1.807) is 0 Å². The highest BCUT2D eigenvalue weighted by Gasteiger charge is 2.07. The Morgan fingerprint density at radius 3 is 2.43 bits per heavy atom. The van der Waals surface area contributed by atoms with Crippen molar-refractivity contribution in [3.8, 4) is 0 Å². The van der Waals surface area contributed by atoms with Crippen molar-refractivity contribution in [3.05, 3.63) is 57.3 Å². The van der Waals surface area contributed by atoms with E-state index in [2.05, 4.69) is 36.6 Å². The van der Waals surface area contributed by atoms with Crippen LogP contribution in [0.5, 0.6) is 0 Å². The number of hydrogen-bond acceptors (Lipinski definition) is 3. The summed E-state index contributed by atoms with van der Waals surface area (Å²) in [7, 11) is 0. The summed E-state index contributed by atoms with van der Waals surface area (Å²) >= 11 is 1.81. The molecule has 2 N–H and O–H groups in total. The lowest BCUT2D eigenvalue weighted by Gasteiger charge is -2.12. The van der Waals surface area contributed by atoms with Gasteiger partial charge >= 0.3 is 0 Å². The van der Waals surface area contributed by atoms with E-state index in [0.29, 0.717) is 18.2 Å². The molecule has 4 heteroatoms. The van der Waals surface area contributed by atoms with Crippen LogP contribution in [0, 0.1) is 13.8 Å². The first-order chi connectivity index (χ1) is 10.1. The molecule has 1 atom stereocenters. The van der Waals surface area contributed by atoms with Gasteiger partial charge in [0.15, 0.2) is 0 Å². The maximum absolute atomic E-state index is 11.9. The zero-order valence-corrected chi connectivity index (χ0v) is 13.6. The summed E-state index contributed by atoms with van der Waals surface area (Å²) in [5.41, 5.74) is 1.87. The second-order valence-corrected chi connectivity index (χ2v) is 6.57. The van der Waals surface area contributed by atoms with Crippen molar-refractivity contribution in [2.24, 2.45) is 0 Å². The summed E-state index contributed by atoms with van der Waals surface area (Å²) in [6.07, 6.45) is 0. The minimum Gasteiger partial charge on any atom is -0.351 e. The number of hydrogen-bond donors (Lipinski definition) is 2. The number of nitrogens with one attached hydrogen (secondary N) is 2. The van der Waals surface area contributed by atoms with Crippen LogP contribution in [0.1, 0.15) is 38.6 Å². The van der Waals surface area contributed by atoms with Crippen molar-refractivity contribution in [2.75, 3.05) is 13.1 Å². The van der Waals surface area contributed by atoms with Gasteiger partial charge in [-0.3, -0.25) is 4.79 Å². The molecule has 0 radical (unpaired) electrons. The number of aryl methyl sites for hydroxylation is 2. The molecule has 0 aliphatic carbocycles. The van der Waals surface area contributed by atoms with Crippen LogP contribution in [0.3, 0.4) is 0 Å². The van der Waals surface area contributed by atoms with Crippen LogP contribution in [-0.4, -0.2) is 19.0 Å². The second-order valence-electron chi connectivity index (χ2n) is 5.25. The minimum absolute atomic E-state index is 0.0172. The van der Waals surface area contributed by atoms with E-state index < -0.39 is 0 Å². The molecular formula is C17H22N2OS. The van der Waals surface area contributed by atoms with Crippen LogP contribution in [0.25, 0.3) is 0 Å². The van der Waals surface area contributed by atoms with Crippen LogP contribution in [0.4, 0.5) is 0 Å². The van der Waals surface area contributed by atoms with Crippen LogP contribution in [-0.2, 0) is 0 Å². The van der Waals surface area contributed by atoms with Gasteiger partial charge in [-0.25, -0.2) is 0 Å². The number of amides is 1. The molecule has 112 valence electrons. The number of carbonyl (C=O) groups excluding carboxylic acids is 1. The van der Waals surface area contributed by atoms with E-state index in [1.807, 2.05) is 42.5 Å². The molecule has 0 fully saturated rings. The topological polar surface area (TPSA) is 41.1 Å². The highest BCUT2D eigenvalue weighted by molar-refractivity contribution is 7.12. The minimum atomic E-state index is -0.0172. The van der Waals surface area contributed by atoms with Crippen molar-refractivity contribution in [2.45, 2.75) is 26.8 Å². The second kappa shape index (κ2) is 7.38. The highest BCUT2D eigenvalue weighted by atomic mass is 32.1. The molecule has 1 heterocycles. The molecule has 3 nitrogen and oxygen atoms in total. The summed E-state index contributed by atoms with van der Waals surface area (Å²) < 4.78 is 0. The van der Waals surface area contributed by atoms with Crippen molar-refractivity contribution in [1.82, 2.24) is 10.6 Å². The van der Waals surface area contributed by atoms with E-state index >= 15 is 0 Å². The Labute approximate surface area is 130 Å². The highest BCUT2D eigenvalue weighted by Crippen LogP contribution is 2.21. The van der Waals surface area contributed by atoms with E-state index in [-0.39, 0.29) is 5.91 Å². The Morgan fingerprint density at radius 1 is 1.10 bits per heavy atom. The maximum atomic E-state index is 11.9. The summed E-state index contributed by atoms with van der Waals surface area (Å²) in [5, 5.41) is 6.36. The monoisotopic (exact) mass is 302 g/mol. The Hall–Kier alpha value is -1.65. The largest absolute Gasteiger partial charge is 0.351 e. The summed E-state index contributed by atoms with van der Waals surface area (Å²) in [6, 6.07) is 12.2. The molecular weight excluding hydrogens is 280 g/mol. The van der Waals surface area contributed by atoms with Gasteiger partial charge < -0.3 is 10.6 Å². The fraction of sp³-hybridized carbons (Fsp3) is 0.353. The predicted octanol–water partition coefficient (Wildman–Crippen LogP) is 3.45. The third-order valence-corrected chi connectivity index (χ3v) is 4.55. The Morgan fingerprint density at radius 2 is 1.81 bits per heavy atom. The average molecular weight is 302 g/mol. The van der Waals surface area contributed by atoms with Crippen LogP contribution in [0.15, 0.2) is 36.4 Å². The Bertz CT molecular complexity index is 589. The SMILES string of the molecule is Cc1ccc(C(=O)NCCNC(C)c2ccc(C)s2)cc1. The van der Waals surface area contributed by atoms with Gasteiger partial charge in [0.1, 0.15) is 0 Å². The third kappa shape index (κ3) is 4.69. The molecule has 0 aliphatic rings. The van der Waals surface area contributed by atoms with E-state index in [0.717, 1.165) is 12.1 Å². The van der Waals surface area contributed by atoms with Gasteiger partial charge in [0.05, 0.1) is 0 Å².